The molecule has 2 aromatic rings. The Balaban J connectivity index is 1.70. The zero-order chi connectivity index (χ0) is 18.0. The van der Waals surface area contributed by atoms with Gasteiger partial charge in [0.1, 0.15) is 12.4 Å². The third-order valence-electron chi connectivity index (χ3n) is 4.63. The first-order valence-corrected chi connectivity index (χ1v) is 8.77. The third kappa shape index (κ3) is 2.69. The highest BCUT2D eigenvalue weighted by Crippen LogP contribution is 2.45. The Bertz CT molecular complexity index is 826. The number of fused-ring (bicyclic) bond motifs is 2. The van der Waals surface area contributed by atoms with Gasteiger partial charge in [-0.1, -0.05) is 49.1 Å². The van der Waals surface area contributed by atoms with E-state index in [0.717, 1.165) is 29.0 Å². The number of anilines is 1. The Morgan fingerprint density at radius 1 is 1.12 bits per heavy atom. The van der Waals surface area contributed by atoms with Crippen molar-refractivity contribution in [3.8, 4) is 5.75 Å². The van der Waals surface area contributed by atoms with E-state index < -0.39 is 5.79 Å². The number of hydrogen-bond donors (Lipinski definition) is 0. The monoisotopic (exact) mass is 351 g/mol. The van der Waals surface area contributed by atoms with E-state index in [1.54, 1.807) is 11.0 Å². The van der Waals surface area contributed by atoms with Gasteiger partial charge < -0.3 is 19.1 Å². The number of amides is 1. The molecule has 26 heavy (non-hydrogen) atoms. The first-order chi connectivity index (χ1) is 12.8. The molecule has 0 bridgehead atoms. The summed E-state index contributed by atoms with van der Waals surface area (Å²) in [6, 6.07) is 15.4. The average Bonchev–Trinajstić information content (AvgIpc) is 2.91. The molecule has 2 aliphatic rings. The molecule has 0 aliphatic carbocycles. The fraction of sp³-hybridized carbons (Fsp3) is 0.286. The highest BCUT2D eigenvalue weighted by atomic mass is 16.7. The Morgan fingerprint density at radius 2 is 1.85 bits per heavy atom. The predicted octanol–water partition coefficient (Wildman–Crippen LogP) is 3.39. The van der Waals surface area contributed by atoms with E-state index in [0.29, 0.717) is 26.4 Å². The third-order valence-corrected chi connectivity index (χ3v) is 4.63. The Kier molecular flexibility index (Phi) is 4.49. The zero-order valence-corrected chi connectivity index (χ0v) is 14.5. The minimum Gasteiger partial charge on any atom is -0.489 e. The van der Waals surface area contributed by atoms with Gasteiger partial charge in [-0.25, -0.2) is 0 Å². The molecule has 0 atom stereocenters. The average molecular weight is 351 g/mol. The second-order valence-electron chi connectivity index (χ2n) is 6.28. The molecule has 0 radical (unpaired) electrons. The van der Waals surface area contributed by atoms with E-state index in [9.17, 15) is 4.79 Å². The van der Waals surface area contributed by atoms with Crippen LogP contribution in [0, 0.1) is 0 Å². The first kappa shape index (κ1) is 16.8. The molecule has 1 spiro atoms. The second kappa shape index (κ2) is 6.94. The van der Waals surface area contributed by atoms with Gasteiger partial charge in [0.2, 0.25) is 0 Å². The van der Waals surface area contributed by atoms with Crippen molar-refractivity contribution in [2.45, 2.75) is 18.8 Å². The van der Waals surface area contributed by atoms with E-state index >= 15 is 0 Å². The maximum Gasteiger partial charge on any atom is 0.292 e. The standard InChI is InChI=1S/C21H21NO4/c1-2-12-24-19-11-6-3-8-16(19)15-22-18-10-5-4-9-17(18)21(20(22)23)25-13-7-14-26-21/h2-6,8-11H,1,7,12-15H2. The number of carbonyl (C=O) groups is 1. The normalized spacial score (nSPS) is 18.0. The molecule has 0 N–H and O–H groups in total. The summed E-state index contributed by atoms with van der Waals surface area (Å²) in [4.78, 5) is 15.0. The van der Waals surface area contributed by atoms with E-state index in [4.69, 9.17) is 14.2 Å². The van der Waals surface area contributed by atoms with Gasteiger partial charge in [-0.3, -0.25) is 4.79 Å². The lowest BCUT2D eigenvalue weighted by Crippen LogP contribution is -2.47. The van der Waals surface area contributed by atoms with Crippen molar-refractivity contribution < 1.29 is 19.0 Å². The molecule has 0 aromatic heterocycles. The quantitative estimate of drug-likeness (QED) is 0.775. The van der Waals surface area contributed by atoms with Crippen LogP contribution in [0.5, 0.6) is 5.75 Å². The molecular weight excluding hydrogens is 330 g/mol. The predicted molar refractivity (Wildman–Crippen MR) is 98.0 cm³/mol. The largest absolute Gasteiger partial charge is 0.489 e. The van der Waals surface area contributed by atoms with Crippen molar-refractivity contribution >= 4 is 11.6 Å². The van der Waals surface area contributed by atoms with Crippen molar-refractivity contribution in [1.82, 2.24) is 0 Å². The molecule has 1 fully saturated rings. The van der Waals surface area contributed by atoms with Crippen molar-refractivity contribution in [3.63, 3.8) is 0 Å². The summed E-state index contributed by atoms with van der Waals surface area (Å²) in [5.74, 6) is -0.757. The summed E-state index contributed by atoms with van der Waals surface area (Å²) in [5.41, 5.74) is 2.51. The number of para-hydroxylation sites is 2. The molecule has 2 aliphatic heterocycles. The van der Waals surface area contributed by atoms with Crippen LogP contribution < -0.4 is 9.64 Å². The molecule has 1 amide bonds. The lowest BCUT2D eigenvalue weighted by molar-refractivity contribution is -0.256. The smallest absolute Gasteiger partial charge is 0.292 e. The van der Waals surface area contributed by atoms with Gasteiger partial charge in [0.15, 0.2) is 0 Å². The molecule has 1 saturated heterocycles. The minimum atomic E-state index is -1.31. The van der Waals surface area contributed by atoms with Crippen LogP contribution in [0.3, 0.4) is 0 Å². The number of hydrogen-bond acceptors (Lipinski definition) is 4. The lowest BCUT2D eigenvalue weighted by atomic mass is 10.1. The maximum atomic E-state index is 13.3. The van der Waals surface area contributed by atoms with Crippen LogP contribution >= 0.6 is 0 Å². The Hall–Kier alpha value is -2.63. The number of benzene rings is 2. The number of ether oxygens (including phenoxy) is 3. The number of nitrogens with zero attached hydrogens (tertiary/aromatic N) is 1. The molecule has 5 nitrogen and oxygen atoms in total. The molecule has 2 aromatic carbocycles. The molecule has 2 heterocycles. The van der Waals surface area contributed by atoms with Gasteiger partial charge in [-0.2, -0.15) is 0 Å². The summed E-state index contributed by atoms with van der Waals surface area (Å²) in [6.45, 7) is 5.50. The Labute approximate surface area is 152 Å². The first-order valence-electron chi connectivity index (χ1n) is 8.77. The fourth-order valence-electron chi connectivity index (χ4n) is 3.45. The van der Waals surface area contributed by atoms with E-state index in [1.165, 1.54) is 0 Å². The van der Waals surface area contributed by atoms with E-state index in [-0.39, 0.29) is 5.91 Å². The van der Waals surface area contributed by atoms with Crippen molar-refractivity contribution in [2.75, 3.05) is 24.7 Å². The van der Waals surface area contributed by atoms with Gasteiger partial charge in [0.05, 0.1) is 25.4 Å². The number of rotatable bonds is 5. The zero-order valence-electron chi connectivity index (χ0n) is 14.5. The van der Waals surface area contributed by atoms with Gasteiger partial charge >= 0.3 is 0 Å². The molecule has 134 valence electrons. The molecular formula is C21H21NO4. The highest BCUT2D eigenvalue weighted by molar-refractivity contribution is 6.06. The molecule has 0 unspecified atom stereocenters. The van der Waals surface area contributed by atoms with Crippen LogP contribution in [-0.2, 0) is 26.6 Å². The molecule has 0 saturated carbocycles. The van der Waals surface area contributed by atoms with Crippen molar-refractivity contribution in [2.24, 2.45) is 0 Å². The summed E-state index contributed by atoms with van der Waals surface area (Å²) in [7, 11) is 0. The summed E-state index contributed by atoms with van der Waals surface area (Å²) < 4.78 is 17.5. The molecule has 5 heteroatoms. The van der Waals surface area contributed by atoms with Crippen LogP contribution in [-0.4, -0.2) is 25.7 Å². The topological polar surface area (TPSA) is 48.0 Å². The molecule has 4 rings (SSSR count). The highest BCUT2D eigenvalue weighted by Gasteiger charge is 2.54. The second-order valence-corrected chi connectivity index (χ2v) is 6.28. The van der Waals surface area contributed by atoms with Crippen molar-refractivity contribution in [3.05, 3.63) is 72.3 Å². The Morgan fingerprint density at radius 3 is 2.65 bits per heavy atom. The van der Waals surface area contributed by atoms with Crippen LogP contribution in [0.4, 0.5) is 5.69 Å². The fourth-order valence-corrected chi connectivity index (χ4v) is 3.45. The minimum absolute atomic E-state index is 0.183. The summed E-state index contributed by atoms with van der Waals surface area (Å²) in [6.07, 6.45) is 2.49. The van der Waals surface area contributed by atoms with E-state index in [2.05, 4.69) is 6.58 Å². The van der Waals surface area contributed by atoms with Crippen molar-refractivity contribution in [1.29, 1.82) is 0 Å². The van der Waals surface area contributed by atoms with Crippen LogP contribution in [0.15, 0.2) is 61.2 Å². The van der Waals surface area contributed by atoms with Crippen LogP contribution in [0.25, 0.3) is 0 Å². The van der Waals surface area contributed by atoms with Crippen LogP contribution in [0.1, 0.15) is 17.5 Å². The van der Waals surface area contributed by atoms with Crippen LogP contribution in [0.2, 0.25) is 0 Å². The van der Waals surface area contributed by atoms with Gasteiger partial charge in [0, 0.05) is 11.1 Å². The maximum absolute atomic E-state index is 13.3. The van der Waals surface area contributed by atoms with Gasteiger partial charge in [-0.05, 0) is 18.6 Å². The number of carbonyl (C=O) groups excluding carboxylic acids is 1. The summed E-state index contributed by atoms with van der Waals surface area (Å²) >= 11 is 0. The van der Waals surface area contributed by atoms with Gasteiger partial charge in [-0.15, -0.1) is 0 Å². The SMILES string of the molecule is C=CCOc1ccccc1CN1C(=O)C2(OCCCO2)c2ccccc21. The lowest BCUT2D eigenvalue weighted by Gasteiger charge is -2.32. The summed E-state index contributed by atoms with van der Waals surface area (Å²) in [5, 5.41) is 0. The van der Waals surface area contributed by atoms with Gasteiger partial charge in [0.25, 0.3) is 11.7 Å². The van der Waals surface area contributed by atoms with E-state index in [1.807, 2.05) is 48.5 Å².